The minimum atomic E-state index is -0.109. The minimum Gasteiger partial charge on any atom is -0.495 e. The molecule has 1 heterocycles. The highest BCUT2D eigenvalue weighted by Gasteiger charge is 2.38. The third-order valence-electron chi connectivity index (χ3n) is 4.65. The number of nitrogens with zero attached hydrogens (tertiary/aromatic N) is 1. The number of nitrogens with two attached hydrogens (primary N) is 1. The Labute approximate surface area is 132 Å². The van der Waals surface area contributed by atoms with E-state index in [9.17, 15) is 0 Å². The number of ether oxygens (including phenoxy) is 2. The predicted octanol–water partition coefficient (Wildman–Crippen LogP) is 2.85. The third kappa shape index (κ3) is 3.34. The molecule has 0 radical (unpaired) electrons. The molecular weight excluding hydrogens is 288 g/mol. The molecule has 1 aromatic carbocycles. The van der Waals surface area contributed by atoms with Gasteiger partial charge in [-0.05, 0) is 31.0 Å². The minimum absolute atomic E-state index is 0.105. The van der Waals surface area contributed by atoms with Gasteiger partial charge in [0.05, 0.1) is 25.3 Å². The van der Waals surface area contributed by atoms with E-state index in [1.165, 1.54) is 0 Å². The van der Waals surface area contributed by atoms with E-state index < -0.39 is 0 Å². The number of benzene rings is 1. The van der Waals surface area contributed by atoms with Gasteiger partial charge in [-0.2, -0.15) is 0 Å². The summed E-state index contributed by atoms with van der Waals surface area (Å²) in [6, 6.07) is 5.68. The molecule has 0 saturated carbocycles. The van der Waals surface area contributed by atoms with Crippen LogP contribution in [0, 0.1) is 0 Å². The van der Waals surface area contributed by atoms with Gasteiger partial charge in [-0.25, -0.2) is 0 Å². The van der Waals surface area contributed by atoms with Crippen molar-refractivity contribution < 1.29 is 9.47 Å². The van der Waals surface area contributed by atoms with Crippen LogP contribution < -0.4 is 10.5 Å². The monoisotopic (exact) mass is 312 g/mol. The van der Waals surface area contributed by atoms with Gasteiger partial charge in [0.2, 0.25) is 0 Å². The molecule has 2 atom stereocenters. The quantitative estimate of drug-likeness (QED) is 0.908. The molecule has 21 heavy (non-hydrogen) atoms. The van der Waals surface area contributed by atoms with Crippen molar-refractivity contribution in [2.24, 2.45) is 5.73 Å². The summed E-state index contributed by atoms with van der Waals surface area (Å²) in [5, 5.41) is 0.609. The van der Waals surface area contributed by atoms with Gasteiger partial charge in [-0.15, -0.1) is 0 Å². The van der Waals surface area contributed by atoms with E-state index >= 15 is 0 Å². The summed E-state index contributed by atoms with van der Waals surface area (Å²) in [7, 11) is 1.62. The molecule has 1 fully saturated rings. The number of rotatable bonds is 5. The number of hydrogen-bond acceptors (Lipinski definition) is 4. The van der Waals surface area contributed by atoms with Crippen LogP contribution >= 0.6 is 11.6 Å². The lowest BCUT2D eigenvalue weighted by atomic mass is 9.83. The van der Waals surface area contributed by atoms with E-state index in [0.29, 0.717) is 10.8 Å². The van der Waals surface area contributed by atoms with E-state index in [4.69, 9.17) is 26.8 Å². The summed E-state index contributed by atoms with van der Waals surface area (Å²) in [6.07, 6.45) is 0.971. The highest BCUT2D eigenvalue weighted by atomic mass is 35.5. The summed E-state index contributed by atoms with van der Waals surface area (Å²) >= 11 is 6.11. The van der Waals surface area contributed by atoms with Gasteiger partial charge in [0, 0.05) is 24.7 Å². The molecule has 1 saturated heterocycles. The van der Waals surface area contributed by atoms with Gasteiger partial charge in [0.15, 0.2) is 0 Å². The molecule has 0 amide bonds. The molecular formula is C16H25ClN2O2. The average Bonchev–Trinajstić information content (AvgIpc) is 2.54. The average molecular weight is 313 g/mol. The molecule has 0 bridgehead atoms. The number of halogens is 1. The first kappa shape index (κ1) is 16.6. The number of hydrogen-bond donors (Lipinski definition) is 1. The van der Waals surface area contributed by atoms with Crippen molar-refractivity contribution >= 4 is 11.6 Å². The molecule has 1 aliphatic rings. The fourth-order valence-corrected chi connectivity index (χ4v) is 3.14. The van der Waals surface area contributed by atoms with Crippen molar-refractivity contribution in [1.82, 2.24) is 4.90 Å². The third-order valence-corrected chi connectivity index (χ3v) is 4.97. The summed E-state index contributed by atoms with van der Waals surface area (Å²) in [4.78, 5) is 2.43. The zero-order valence-corrected chi connectivity index (χ0v) is 13.8. The van der Waals surface area contributed by atoms with Crippen molar-refractivity contribution in [2.75, 3.05) is 33.4 Å². The van der Waals surface area contributed by atoms with E-state index in [-0.39, 0.29) is 11.6 Å². The lowest BCUT2D eigenvalue weighted by molar-refractivity contribution is -0.0278. The van der Waals surface area contributed by atoms with Crippen molar-refractivity contribution in [3.05, 3.63) is 28.8 Å². The van der Waals surface area contributed by atoms with Crippen LogP contribution in [0.1, 0.15) is 31.9 Å². The zero-order chi connectivity index (χ0) is 15.5. The zero-order valence-electron chi connectivity index (χ0n) is 13.1. The molecule has 0 aromatic heterocycles. The van der Waals surface area contributed by atoms with E-state index in [1.54, 1.807) is 7.11 Å². The fourth-order valence-electron chi connectivity index (χ4n) is 2.94. The largest absolute Gasteiger partial charge is 0.495 e. The number of methoxy groups -OCH3 is 1. The van der Waals surface area contributed by atoms with Crippen LogP contribution in [-0.2, 0) is 4.74 Å². The summed E-state index contributed by atoms with van der Waals surface area (Å²) in [5.74, 6) is 0.671. The molecule has 0 aliphatic carbocycles. The Hall–Kier alpha value is -0.810. The van der Waals surface area contributed by atoms with Crippen LogP contribution in [-0.4, -0.2) is 43.9 Å². The van der Waals surface area contributed by atoms with Crippen molar-refractivity contribution in [3.8, 4) is 5.75 Å². The Balaban J connectivity index is 2.28. The second-order valence-electron chi connectivity index (χ2n) is 5.68. The second-order valence-corrected chi connectivity index (χ2v) is 6.09. The van der Waals surface area contributed by atoms with Crippen LogP contribution in [0.5, 0.6) is 5.75 Å². The Kier molecular flexibility index (Phi) is 5.49. The number of morpholine rings is 1. The van der Waals surface area contributed by atoms with Crippen LogP contribution in [0.15, 0.2) is 18.2 Å². The first-order chi connectivity index (χ1) is 10.0. The summed E-state index contributed by atoms with van der Waals surface area (Å²) in [6.45, 7) is 7.79. The summed E-state index contributed by atoms with van der Waals surface area (Å²) < 4.78 is 10.8. The first-order valence-corrected chi connectivity index (χ1v) is 7.82. The molecule has 1 aliphatic heterocycles. The van der Waals surface area contributed by atoms with Crippen molar-refractivity contribution in [1.29, 1.82) is 0 Å². The molecule has 5 heteroatoms. The van der Waals surface area contributed by atoms with Gasteiger partial charge >= 0.3 is 0 Å². The van der Waals surface area contributed by atoms with E-state index in [2.05, 4.69) is 18.7 Å². The van der Waals surface area contributed by atoms with Crippen LogP contribution in [0.4, 0.5) is 0 Å². The maximum absolute atomic E-state index is 6.61. The molecule has 0 spiro atoms. The molecule has 2 N–H and O–H groups in total. The maximum atomic E-state index is 6.61. The molecule has 2 rings (SSSR count). The first-order valence-electron chi connectivity index (χ1n) is 7.44. The predicted molar refractivity (Wildman–Crippen MR) is 86.0 cm³/mol. The van der Waals surface area contributed by atoms with Gasteiger partial charge in [-0.3, -0.25) is 4.90 Å². The Morgan fingerprint density at radius 2 is 2.10 bits per heavy atom. The van der Waals surface area contributed by atoms with Crippen LogP contribution in [0.3, 0.4) is 0 Å². The van der Waals surface area contributed by atoms with Gasteiger partial charge in [-0.1, -0.05) is 24.6 Å². The lowest BCUT2D eigenvalue weighted by Gasteiger charge is -2.46. The molecule has 2 unspecified atom stereocenters. The van der Waals surface area contributed by atoms with Crippen molar-refractivity contribution in [3.63, 3.8) is 0 Å². The Morgan fingerprint density at radius 1 is 1.43 bits per heavy atom. The topological polar surface area (TPSA) is 47.7 Å². The SMILES string of the molecule is CCC(C)(C(N)c1ccc(Cl)c(OC)c1)N1CCOCC1. The van der Waals surface area contributed by atoms with E-state index in [1.807, 2.05) is 18.2 Å². The molecule has 4 nitrogen and oxygen atoms in total. The molecule has 1 aromatic rings. The van der Waals surface area contributed by atoms with E-state index in [0.717, 1.165) is 38.3 Å². The smallest absolute Gasteiger partial charge is 0.137 e. The van der Waals surface area contributed by atoms with Gasteiger partial charge in [0.1, 0.15) is 5.75 Å². The van der Waals surface area contributed by atoms with Gasteiger partial charge < -0.3 is 15.2 Å². The standard InChI is InChI=1S/C16H25ClN2O2/c1-4-16(2,19-7-9-21-10-8-19)15(18)12-5-6-13(17)14(11-12)20-3/h5-6,11,15H,4,7-10,18H2,1-3H3. The highest BCUT2D eigenvalue weighted by molar-refractivity contribution is 6.32. The maximum Gasteiger partial charge on any atom is 0.137 e. The van der Waals surface area contributed by atoms with Crippen LogP contribution in [0.2, 0.25) is 5.02 Å². The second kappa shape index (κ2) is 6.97. The normalized spacial score (nSPS) is 20.8. The summed E-state index contributed by atoms with van der Waals surface area (Å²) in [5.41, 5.74) is 7.55. The van der Waals surface area contributed by atoms with Crippen LogP contribution in [0.25, 0.3) is 0 Å². The van der Waals surface area contributed by atoms with Gasteiger partial charge in [0.25, 0.3) is 0 Å². The Morgan fingerprint density at radius 3 is 2.67 bits per heavy atom. The highest BCUT2D eigenvalue weighted by Crippen LogP contribution is 2.36. The fraction of sp³-hybridized carbons (Fsp3) is 0.625. The lowest BCUT2D eigenvalue weighted by Crippen LogP contribution is -2.56. The molecule has 118 valence electrons. The Bertz CT molecular complexity index is 477. The van der Waals surface area contributed by atoms with Crippen molar-refractivity contribution in [2.45, 2.75) is 31.8 Å².